The summed E-state index contributed by atoms with van der Waals surface area (Å²) in [6, 6.07) is 5.25. The molecule has 0 radical (unpaired) electrons. The van der Waals surface area contributed by atoms with E-state index in [4.69, 9.17) is 9.47 Å². The van der Waals surface area contributed by atoms with E-state index in [-0.39, 0.29) is 19.1 Å². The average Bonchev–Trinajstić information content (AvgIpc) is 2.43. The number of amides is 1. The molecule has 1 amide bonds. The van der Waals surface area contributed by atoms with Crippen LogP contribution in [0.1, 0.15) is 17.3 Å². The Labute approximate surface area is 140 Å². The number of carbonyl (C=O) groups is 2. The second kappa shape index (κ2) is 9.17. The van der Waals surface area contributed by atoms with Crippen LogP contribution in [0.2, 0.25) is 0 Å². The van der Waals surface area contributed by atoms with Crippen molar-refractivity contribution >= 4 is 43.7 Å². The number of benzene rings is 1. The standard InChI is InChI=1S/C14H17Br2NO4/c1-3-21-13(18)9-17(6-7-20-2)14(19)11-5-4-10(15)8-12(11)16/h4-5,8H,3,6-7,9H2,1-2H3. The quantitative estimate of drug-likeness (QED) is 0.634. The normalized spacial score (nSPS) is 10.3. The third-order valence-corrected chi connectivity index (χ3v) is 3.79. The van der Waals surface area contributed by atoms with Crippen molar-refractivity contribution in [2.45, 2.75) is 6.92 Å². The fraction of sp³-hybridized carbons (Fsp3) is 0.429. The van der Waals surface area contributed by atoms with Gasteiger partial charge in [0.15, 0.2) is 0 Å². The van der Waals surface area contributed by atoms with E-state index in [1.165, 1.54) is 4.90 Å². The lowest BCUT2D eigenvalue weighted by Gasteiger charge is -2.22. The minimum atomic E-state index is -0.435. The van der Waals surface area contributed by atoms with Gasteiger partial charge in [0.1, 0.15) is 6.54 Å². The van der Waals surface area contributed by atoms with Crippen LogP contribution in [0.5, 0.6) is 0 Å². The first-order valence-electron chi connectivity index (χ1n) is 6.38. The van der Waals surface area contributed by atoms with Crippen molar-refractivity contribution in [2.24, 2.45) is 0 Å². The van der Waals surface area contributed by atoms with E-state index in [9.17, 15) is 9.59 Å². The Morgan fingerprint density at radius 3 is 2.57 bits per heavy atom. The van der Waals surface area contributed by atoms with Gasteiger partial charge in [-0.15, -0.1) is 0 Å². The summed E-state index contributed by atoms with van der Waals surface area (Å²) in [6.45, 7) is 2.58. The molecule has 0 atom stereocenters. The van der Waals surface area contributed by atoms with Crippen LogP contribution in [0.4, 0.5) is 0 Å². The highest BCUT2D eigenvalue weighted by atomic mass is 79.9. The average molecular weight is 423 g/mol. The maximum absolute atomic E-state index is 12.5. The van der Waals surface area contributed by atoms with Crippen molar-refractivity contribution in [1.82, 2.24) is 4.90 Å². The first-order chi connectivity index (χ1) is 9.99. The molecule has 0 spiro atoms. The summed E-state index contributed by atoms with van der Waals surface area (Å²) in [5, 5.41) is 0. The molecule has 116 valence electrons. The molecule has 0 aromatic heterocycles. The smallest absolute Gasteiger partial charge is 0.325 e. The number of esters is 1. The summed E-state index contributed by atoms with van der Waals surface area (Å²) >= 11 is 6.69. The van der Waals surface area contributed by atoms with Crippen LogP contribution >= 0.6 is 31.9 Å². The number of nitrogens with zero attached hydrogens (tertiary/aromatic N) is 1. The maximum Gasteiger partial charge on any atom is 0.325 e. The third-order valence-electron chi connectivity index (χ3n) is 2.64. The number of carbonyl (C=O) groups excluding carboxylic acids is 2. The largest absolute Gasteiger partial charge is 0.465 e. The van der Waals surface area contributed by atoms with E-state index >= 15 is 0 Å². The summed E-state index contributed by atoms with van der Waals surface area (Å²) in [4.78, 5) is 25.6. The van der Waals surface area contributed by atoms with Gasteiger partial charge < -0.3 is 14.4 Å². The molecular weight excluding hydrogens is 406 g/mol. The van der Waals surface area contributed by atoms with E-state index in [2.05, 4.69) is 31.9 Å². The van der Waals surface area contributed by atoms with Crippen LogP contribution in [0.3, 0.4) is 0 Å². The Kier molecular flexibility index (Phi) is 7.92. The van der Waals surface area contributed by atoms with E-state index in [0.29, 0.717) is 23.2 Å². The molecule has 0 bridgehead atoms. The van der Waals surface area contributed by atoms with Gasteiger partial charge in [0.05, 0.1) is 18.8 Å². The number of halogens is 2. The van der Waals surface area contributed by atoms with Crippen molar-refractivity contribution in [3.8, 4) is 0 Å². The summed E-state index contributed by atoms with van der Waals surface area (Å²) < 4.78 is 11.4. The molecule has 0 aliphatic rings. The van der Waals surface area contributed by atoms with Gasteiger partial charge in [-0.3, -0.25) is 9.59 Å². The molecule has 1 aromatic rings. The Morgan fingerprint density at radius 1 is 1.29 bits per heavy atom. The van der Waals surface area contributed by atoms with Crippen molar-refractivity contribution in [1.29, 1.82) is 0 Å². The van der Waals surface area contributed by atoms with E-state index in [0.717, 1.165) is 4.47 Å². The molecule has 0 heterocycles. The lowest BCUT2D eigenvalue weighted by Crippen LogP contribution is -2.38. The van der Waals surface area contributed by atoms with E-state index in [1.807, 2.05) is 0 Å². The Hall–Kier alpha value is -0.920. The zero-order valence-corrected chi connectivity index (χ0v) is 15.1. The fourth-order valence-electron chi connectivity index (χ4n) is 1.65. The maximum atomic E-state index is 12.5. The second-order valence-electron chi connectivity index (χ2n) is 4.15. The van der Waals surface area contributed by atoms with Crippen LogP contribution in [0.25, 0.3) is 0 Å². The number of hydrogen-bond acceptors (Lipinski definition) is 4. The predicted octanol–water partition coefficient (Wildman–Crippen LogP) is 2.86. The molecule has 0 saturated heterocycles. The highest BCUT2D eigenvalue weighted by Crippen LogP contribution is 2.23. The molecule has 0 unspecified atom stereocenters. The first kappa shape index (κ1) is 18.1. The molecular formula is C14H17Br2NO4. The zero-order chi connectivity index (χ0) is 15.8. The number of methoxy groups -OCH3 is 1. The molecule has 0 aliphatic carbocycles. The van der Waals surface area contributed by atoms with Gasteiger partial charge in [-0.25, -0.2) is 0 Å². The van der Waals surface area contributed by atoms with Crippen LogP contribution < -0.4 is 0 Å². The lowest BCUT2D eigenvalue weighted by molar-refractivity contribution is -0.143. The highest BCUT2D eigenvalue weighted by molar-refractivity contribution is 9.11. The Bertz CT molecular complexity index is 508. The van der Waals surface area contributed by atoms with Gasteiger partial charge in [-0.05, 0) is 41.1 Å². The van der Waals surface area contributed by atoms with Gasteiger partial charge >= 0.3 is 5.97 Å². The van der Waals surface area contributed by atoms with Crippen molar-refractivity contribution < 1.29 is 19.1 Å². The van der Waals surface area contributed by atoms with Crippen molar-refractivity contribution in [2.75, 3.05) is 33.4 Å². The predicted molar refractivity (Wildman–Crippen MR) is 86.3 cm³/mol. The van der Waals surface area contributed by atoms with E-state index < -0.39 is 5.97 Å². The topological polar surface area (TPSA) is 55.8 Å². The minimum Gasteiger partial charge on any atom is -0.465 e. The summed E-state index contributed by atoms with van der Waals surface area (Å²) in [5.41, 5.74) is 0.485. The van der Waals surface area contributed by atoms with Crippen LogP contribution in [0.15, 0.2) is 27.1 Å². The van der Waals surface area contributed by atoms with Crippen molar-refractivity contribution in [3.63, 3.8) is 0 Å². The molecule has 1 aromatic carbocycles. The van der Waals surface area contributed by atoms with Gasteiger partial charge in [-0.1, -0.05) is 15.9 Å². The summed E-state index contributed by atoms with van der Waals surface area (Å²) in [7, 11) is 1.54. The SMILES string of the molecule is CCOC(=O)CN(CCOC)C(=O)c1ccc(Br)cc1Br. The van der Waals surface area contributed by atoms with E-state index in [1.54, 1.807) is 32.2 Å². The van der Waals surface area contributed by atoms with Gasteiger partial charge in [0, 0.05) is 22.6 Å². The molecule has 0 saturated carbocycles. The molecule has 0 fully saturated rings. The molecule has 5 nitrogen and oxygen atoms in total. The van der Waals surface area contributed by atoms with Crippen LogP contribution in [-0.2, 0) is 14.3 Å². The monoisotopic (exact) mass is 421 g/mol. The van der Waals surface area contributed by atoms with Gasteiger partial charge in [0.2, 0.25) is 0 Å². The Morgan fingerprint density at radius 2 is 2.00 bits per heavy atom. The van der Waals surface area contributed by atoms with Crippen LogP contribution in [-0.4, -0.2) is 50.2 Å². The Balaban J connectivity index is 2.90. The molecule has 7 heteroatoms. The molecule has 1 rings (SSSR count). The highest BCUT2D eigenvalue weighted by Gasteiger charge is 2.21. The van der Waals surface area contributed by atoms with Crippen LogP contribution in [0, 0.1) is 0 Å². The number of ether oxygens (including phenoxy) is 2. The third kappa shape index (κ3) is 5.76. The molecule has 0 N–H and O–H groups in total. The van der Waals surface area contributed by atoms with Gasteiger partial charge in [0.25, 0.3) is 5.91 Å². The second-order valence-corrected chi connectivity index (χ2v) is 5.92. The van der Waals surface area contributed by atoms with Crippen molar-refractivity contribution in [3.05, 3.63) is 32.7 Å². The fourth-order valence-corrected chi connectivity index (χ4v) is 2.87. The first-order valence-corrected chi connectivity index (χ1v) is 7.97. The number of rotatable bonds is 7. The minimum absolute atomic E-state index is 0.0987. The lowest BCUT2D eigenvalue weighted by atomic mass is 10.2. The zero-order valence-electron chi connectivity index (χ0n) is 11.9. The molecule has 0 aliphatic heterocycles. The molecule has 21 heavy (non-hydrogen) atoms. The van der Waals surface area contributed by atoms with Gasteiger partial charge in [-0.2, -0.15) is 0 Å². The summed E-state index contributed by atoms with van der Waals surface area (Å²) in [6.07, 6.45) is 0. The summed E-state index contributed by atoms with van der Waals surface area (Å²) in [5.74, 6) is -0.685. The number of hydrogen-bond donors (Lipinski definition) is 0.